The maximum Gasteiger partial charge on any atom is 0.416 e. The summed E-state index contributed by atoms with van der Waals surface area (Å²) in [7, 11) is 1.51. The van der Waals surface area contributed by atoms with E-state index in [-0.39, 0.29) is 35.0 Å². The molecule has 0 bridgehead atoms. The van der Waals surface area contributed by atoms with Crippen LogP contribution in [0.5, 0.6) is 11.5 Å². The minimum absolute atomic E-state index is 0.00508. The number of nitrogens with zero attached hydrogens (tertiary/aromatic N) is 4. The van der Waals surface area contributed by atoms with E-state index in [1.807, 2.05) is 0 Å². The van der Waals surface area contributed by atoms with Crippen LogP contribution in [0.3, 0.4) is 0 Å². The molecule has 0 unspecified atom stereocenters. The van der Waals surface area contributed by atoms with Crippen molar-refractivity contribution in [2.75, 3.05) is 12.4 Å². The summed E-state index contributed by atoms with van der Waals surface area (Å²) in [6.07, 6.45) is -1.87. The Morgan fingerprint density at radius 3 is 2.64 bits per heavy atom. The Kier molecular flexibility index (Phi) is 5.16. The first kappa shape index (κ1) is 19.1. The first-order valence-electron chi connectivity index (χ1n) is 7.94. The third-order valence-electron chi connectivity index (χ3n) is 3.85. The second-order valence-electron chi connectivity index (χ2n) is 5.70. The normalized spacial score (nSPS) is 11.3. The van der Waals surface area contributed by atoms with Crippen molar-refractivity contribution < 1.29 is 22.8 Å². The number of nitro benzene ring substituents is 1. The summed E-state index contributed by atoms with van der Waals surface area (Å²) in [6, 6.07) is 7.11. The van der Waals surface area contributed by atoms with E-state index in [1.54, 1.807) is 0 Å². The van der Waals surface area contributed by atoms with Crippen LogP contribution in [0.1, 0.15) is 11.1 Å². The van der Waals surface area contributed by atoms with Gasteiger partial charge in [0.15, 0.2) is 0 Å². The fourth-order valence-corrected chi connectivity index (χ4v) is 2.53. The van der Waals surface area contributed by atoms with Crippen LogP contribution in [-0.2, 0) is 12.7 Å². The molecule has 1 heterocycles. The first-order chi connectivity index (χ1) is 13.3. The Labute approximate surface area is 156 Å². The molecule has 0 amide bonds. The van der Waals surface area contributed by atoms with Crippen LogP contribution in [0.2, 0.25) is 0 Å². The fourth-order valence-electron chi connectivity index (χ4n) is 2.53. The van der Waals surface area contributed by atoms with E-state index in [4.69, 9.17) is 4.74 Å². The SMILES string of the molecule is CNc1cc(Oc2ccc(C(F)(F)F)cc2Cn2cncn2)ccc1[N+](=O)[O-]. The van der Waals surface area contributed by atoms with Gasteiger partial charge in [-0.15, -0.1) is 0 Å². The van der Waals surface area contributed by atoms with Gasteiger partial charge in [0.1, 0.15) is 29.8 Å². The van der Waals surface area contributed by atoms with E-state index in [2.05, 4.69) is 15.4 Å². The van der Waals surface area contributed by atoms with Gasteiger partial charge < -0.3 is 10.1 Å². The molecule has 28 heavy (non-hydrogen) atoms. The lowest BCUT2D eigenvalue weighted by Crippen LogP contribution is -2.08. The Bertz CT molecular complexity index is 990. The van der Waals surface area contributed by atoms with Crippen LogP contribution in [0.25, 0.3) is 0 Å². The van der Waals surface area contributed by atoms with E-state index in [0.29, 0.717) is 0 Å². The molecule has 8 nitrogen and oxygen atoms in total. The summed E-state index contributed by atoms with van der Waals surface area (Å²) in [4.78, 5) is 14.2. The number of hydrogen-bond donors (Lipinski definition) is 1. The third-order valence-corrected chi connectivity index (χ3v) is 3.85. The molecule has 11 heteroatoms. The van der Waals surface area contributed by atoms with Crippen LogP contribution >= 0.6 is 0 Å². The molecule has 0 aliphatic carbocycles. The number of rotatable bonds is 6. The number of nitrogens with one attached hydrogen (secondary N) is 1. The van der Waals surface area contributed by atoms with Gasteiger partial charge in [-0.2, -0.15) is 18.3 Å². The predicted octanol–water partition coefficient (Wildman–Crippen LogP) is 4.09. The van der Waals surface area contributed by atoms with Gasteiger partial charge in [-0.1, -0.05) is 0 Å². The fraction of sp³-hybridized carbons (Fsp3) is 0.176. The van der Waals surface area contributed by atoms with Crippen LogP contribution in [-0.4, -0.2) is 26.7 Å². The molecule has 0 aliphatic heterocycles. The molecule has 2 aromatic carbocycles. The third kappa shape index (κ3) is 4.19. The van der Waals surface area contributed by atoms with Gasteiger partial charge in [-0.05, 0) is 24.3 Å². The molecule has 3 rings (SSSR count). The average molecular weight is 393 g/mol. The summed E-state index contributed by atoms with van der Waals surface area (Å²) in [5, 5.41) is 17.6. The summed E-state index contributed by atoms with van der Waals surface area (Å²) in [5.74, 6) is 0.397. The lowest BCUT2D eigenvalue weighted by Gasteiger charge is -2.15. The van der Waals surface area contributed by atoms with Crippen molar-refractivity contribution in [3.63, 3.8) is 0 Å². The monoisotopic (exact) mass is 393 g/mol. The summed E-state index contributed by atoms with van der Waals surface area (Å²) in [5.41, 5.74) is -0.531. The van der Waals surface area contributed by atoms with Crippen molar-refractivity contribution in [1.29, 1.82) is 0 Å². The van der Waals surface area contributed by atoms with E-state index >= 15 is 0 Å². The highest BCUT2D eigenvalue weighted by atomic mass is 19.4. The lowest BCUT2D eigenvalue weighted by molar-refractivity contribution is -0.384. The molecular weight excluding hydrogens is 379 g/mol. The number of nitro groups is 1. The Morgan fingerprint density at radius 1 is 1.25 bits per heavy atom. The zero-order valence-electron chi connectivity index (χ0n) is 14.5. The Hall–Kier alpha value is -3.63. The van der Waals surface area contributed by atoms with Crippen molar-refractivity contribution in [3.8, 4) is 11.5 Å². The molecule has 3 aromatic rings. The van der Waals surface area contributed by atoms with Crippen LogP contribution in [0.15, 0.2) is 49.1 Å². The standard InChI is InChI=1S/C17H14F3N5O3/c1-21-14-7-13(3-4-15(14)25(26)27)28-16-5-2-12(17(18,19)20)6-11(16)8-24-10-22-9-23-24/h2-7,9-10,21H,8H2,1H3. The number of aromatic nitrogens is 3. The van der Waals surface area contributed by atoms with Crippen LogP contribution in [0, 0.1) is 10.1 Å². The summed E-state index contributed by atoms with van der Waals surface area (Å²) < 4.78 is 46.3. The topological polar surface area (TPSA) is 95.1 Å². The number of anilines is 1. The van der Waals surface area contributed by atoms with Crippen LogP contribution < -0.4 is 10.1 Å². The van der Waals surface area contributed by atoms with Gasteiger partial charge in [0.05, 0.1) is 17.0 Å². The van der Waals surface area contributed by atoms with Crippen molar-refractivity contribution in [2.24, 2.45) is 0 Å². The van der Waals surface area contributed by atoms with Gasteiger partial charge in [0.25, 0.3) is 5.69 Å². The first-order valence-corrected chi connectivity index (χ1v) is 7.94. The molecule has 0 spiro atoms. The predicted molar refractivity (Wildman–Crippen MR) is 93.3 cm³/mol. The minimum atomic E-state index is -4.51. The van der Waals surface area contributed by atoms with Gasteiger partial charge in [-0.25, -0.2) is 9.67 Å². The lowest BCUT2D eigenvalue weighted by atomic mass is 10.1. The molecular formula is C17H14F3N5O3. The highest BCUT2D eigenvalue weighted by molar-refractivity contribution is 5.64. The number of hydrogen-bond acceptors (Lipinski definition) is 6. The van der Waals surface area contributed by atoms with Crippen molar-refractivity contribution >= 4 is 11.4 Å². The molecule has 0 atom stereocenters. The molecule has 1 N–H and O–H groups in total. The number of halogens is 3. The highest BCUT2D eigenvalue weighted by Gasteiger charge is 2.31. The van der Waals surface area contributed by atoms with Crippen molar-refractivity contribution in [2.45, 2.75) is 12.7 Å². The second-order valence-corrected chi connectivity index (χ2v) is 5.70. The molecule has 0 saturated heterocycles. The van der Waals surface area contributed by atoms with E-state index < -0.39 is 16.7 Å². The van der Waals surface area contributed by atoms with Crippen molar-refractivity contribution in [1.82, 2.24) is 14.8 Å². The number of ether oxygens (including phenoxy) is 1. The van der Waals surface area contributed by atoms with E-state index in [9.17, 15) is 23.3 Å². The van der Waals surface area contributed by atoms with Crippen molar-refractivity contribution in [3.05, 3.63) is 70.3 Å². The largest absolute Gasteiger partial charge is 0.457 e. The maximum absolute atomic E-state index is 13.1. The second kappa shape index (κ2) is 7.55. The van der Waals surface area contributed by atoms with Gasteiger partial charge in [0.2, 0.25) is 0 Å². The highest BCUT2D eigenvalue weighted by Crippen LogP contribution is 2.36. The molecule has 1 aromatic heterocycles. The number of alkyl halides is 3. The molecule has 146 valence electrons. The molecule has 0 fully saturated rings. The Morgan fingerprint density at radius 2 is 2.04 bits per heavy atom. The van der Waals surface area contributed by atoms with Gasteiger partial charge in [-0.3, -0.25) is 10.1 Å². The molecule has 0 aliphatic rings. The quantitative estimate of drug-likeness (QED) is 0.501. The smallest absolute Gasteiger partial charge is 0.416 e. The van der Waals surface area contributed by atoms with Gasteiger partial charge >= 0.3 is 6.18 Å². The van der Waals surface area contributed by atoms with E-state index in [0.717, 1.165) is 12.1 Å². The number of benzene rings is 2. The van der Waals surface area contributed by atoms with Gasteiger partial charge in [0, 0.05) is 24.7 Å². The van der Waals surface area contributed by atoms with Crippen LogP contribution in [0.4, 0.5) is 24.5 Å². The summed E-state index contributed by atoms with van der Waals surface area (Å²) >= 11 is 0. The van der Waals surface area contributed by atoms with E-state index in [1.165, 1.54) is 48.6 Å². The molecule has 0 radical (unpaired) electrons. The maximum atomic E-state index is 13.1. The average Bonchev–Trinajstić information content (AvgIpc) is 3.15. The molecule has 0 saturated carbocycles. The zero-order chi connectivity index (χ0) is 20.3. The summed E-state index contributed by atoms with van der Waals surface area (Å²) in [6.45, 7) is 0.00508. The minimum Gasteiger partial charge on any atom is -0.457 e. The Balaban J connectivity index is 1.97. The zero-order valence-corrected chi connectivity index (χ0v) is 14.5.